The Labute approximate surface area is 106 Å². The molecule has 2 rings (SSSR count). The molecular weight excluding hydrogens is 228 g/mol. The number of benzene rings is 1. The summed E-state index contributed by atoms with van der Waals surface area (Å²) in [6.07, 6.45) is 1.67. The summed E-state index contributed by atoms with van der Waals surface area (Å²) in [5, 5.41) is 0. The number of carbonyl (C=O) groups is 1. The van der Waals surface area contributed by atoms with Gasteiger partial charge in [0.25, 0.3) is 0 Å². The number of rotatable bonds is 5. The minimum Gasteiger partial charge on any atom is -0.468 e. The van der Waals surface area contributed by atoms with Gasteiger partial charge in [-0.15, -0.1) is 0 Å². The van der Waals surface area contributed by atoms with E-state index in [1.807, 2.05) is 31.3 Å². The summed E-state index contributed by atoms with van der Waals surface area (Å²) in [7, 11) is 2.02. The lowest BCUT2D eigenvalue weighted by Crippen LogP contribution is -2.17. The number of nitrogens with zero attached hydrogens (tertiary/aromatic N) is 1. The Balaban J connectivity index is 1.94. The highest BCUT2D eigenvalue weighted by atomic mass is 16.3. The first kappa shape index (κ1) is 12.4. The summed E-state index contributed by atoms with van der Waals surface area (Å²) in [6, 6.07) is 11.2. The van der Waals surface area contributed by atoms with Crippen molar-refractivity contribution in [1.29, 1.82) is 0 Å². The number of amides is 1. The van der Waals surface area contributed by atoms with Crippen LogP contribution in [0.15, 0.2) is 47.1 Å². The Morgan fingerprint density at radius 2 is 1.94 bits per heavy atom. The monoisotopic (exact) mass is 244 g/mol. The maximum absolute atomic E-state index is 10.9. The number of carbonyl (C=O) groups excluding carboxylic acids is 1. The van der Waals surface area contributed by atoms with Gasteiger partial charge in [0.1, 0.15) is 5.76 Å². The Hall–Kier alpha value is -2.07. The van der Waals surface area contributed by atoms with E-state index < -0.39 is 5.91 Å². The van der Waals surface area contributed by atoms with E-state index in [2.05, 4.69) is 4.90 Å². The first-order valence-electron chi connectivity index (χ1n) is 5.75. The third-order valence-corrected chi connectivity index (χ3v) is 2.70. The molecule has 0 bridgehead atoms. The van der Waals surface area contributed by atoms with Crippen LogP contribution in [0.25, 0.3) is 0 Å². The molecule has 1 heterocycles. The maximum atomic E-state index is 10.9. The predicted molar refractivity (Wildman–Crippen MR) is 68.8 cm³/mol. The number of furan rings is 1. The Bertz CT molecular complexity index is 503. The van der Waals surface area contributed by atoms with Gasteiger partial charge in [0.05, 0.1) is 12.8 Å². The van der Waals surface area contributed by atoms with Crippen molar-refractivity contribution in [1.82, 2.24) is 4.90 Å². The minimum absolute atomic E-state index is 0.398. The smallest absolute Gasteiger partial charge is 0.248 e. The zero-order valence-corrected chi connectivity index (χ0v) is 10.3. The molecule has 18 heavy (non-hydrogen) atoms. The zero-order valence-electron chi connectivity index (χ0n) is 10.3. The van der Waals surface area contributed by atoms with Gasteiger partial charge in [-0.3, -0.25) is 9.69 Å². The molecule has 1 aromatic heterocycles. The van der Waals surface area contributed by atoms with Gasteiger partial charge in [0, 0.05) is 12.1 Å². The highest BCUT2D eigenvalue weighted by molar-refractivity contribution is 5.92. The van der Waals surface area contributed by atoms with Crippen molar-refractivity contribution in [3.8, 4) is 0 Å². The SMILES string of the molecule is CN(Cc1ccc(C(N)=O)cc1)Cc1ccco1. The number of primary amides is 1. The lowest BCUT2D eigenvalue weighted by atomic mass is 10.1. The Kier molecular flexibility index (Phi) is 3.79. The topological polar surface area (TPSA) is 59.5 Å². The number of nitrogens with two attached hydrogens (primary N) is 1. The lowest BCUT2D eigenvalue weighted by Gasteiger charge is -2.15. The summed E-state index contributed by atoms with van der Waals surface area (Å²) in [6.45, 7) is 1.55. The average molecular weight is 244 g/mol. The second kappa shape index (κ2) is 5.51. The first-order valence-corrected chi connectivity index (χ1v) is 5.75. The molecule has 1 amide bonds. The molecule has 0 radical (unpaired) electrons. The molecule has 0 saturated carbocycles. The van der Waals surface area contributed by atoms with E-state index in [0.717, 1.165) is 24.4 Å². The maximum Gasteiger partial charge on any atom is 0.248 e. The van der Waals surface area contributed by atoms with Crippen LogP contribution < -0.4 is 5.73 Å². The molecule has 0 unspecified atom stereocenters. The van der Waals surface area contributed by atoms with Crippen molar-refractivity contribution in [3.63, 3.8) is 0 Å². The van der Waals surface area contributed by atoms with Crippen molar-refractivity contribution in [2.45, 2.75) is 13.1 Å². The molecule has 4 heteroatoms. The molecule has 94 valence electrons. The molecule has 0 saturated heterocycles. The van der Waals surface area contributed by atoms with E-state index in [9.17, 15) is 4.79 Å². The fraction of sp³-hybridized carbons (Fsp3) is 0.214. The zero-order chi connectivity index (χ0) is 13.0. The molecule has 2 N–H and O–H groups in total. The van der Waals surface area contributed by atoms with Crippen molar-refractivity contribution in [2.24, 2.45) is 5.73 Å². The Morgan fingerprint density at radius 3 is 2.50 bits per heavy atom. The van der Waals surface area contributed by atoms with Gasteiger partial charge in [-0.2, -0.15) is 0 Å². The molecule has 0 aliphatic carbocycles. The third kappa shape index (κ3) is 3.21. The van der Waals surface area contributed by atoms with Gasteiger partial charge in [-0.25, -0.2) is 0 Å². The lowest BCUT2D eigenvalue weighted by molar-refractivity contribution is 0.100. The highest BCUT2D eigenvalue weighted by Gasteiger charge is 2.05. The van der Waals surface area contributed by atoms with Crippen molar-refractivity contribution < 1.29 is 9.21 Å². The van der Waals surface area contributed by atoms with Crippen LogP contribution in [0, 0.1) is 0 Å². The van der Waals surface area contributed by atoms with E-state index in [4.69, 9.17) is 10.2 Å². The normalized spacial score (nSPS) is 10.8. The van der Waals surface area contributed by atoms with Gasteiger partial charge in [0.2, 0.25) is 5.91 Å². The fourth-order valence-corrected chi connectivity index (χ4v) is 1.81. The third-order valence-electron chi connectivity index (χ3n) is 2.70. The Morgan fingerprint density at radius 1 is 1.22 bits per heavy atom. The highest BCUT2D eigenvalue weighted by Crippen LogP contribution is 2.09. The number of hydrogen-bond acceptors (Lipinski definition) is 3. The van der Waals surface area contributed by atoms with E-state index in [-0.39, 0.29) is 0 Å². The van der Waals surface area contributed by atoms with Crippen LogP contribution in [0.5, 0.6) is 0 Å². The first-order chi connectivity index (χ1) is 8.65. The summed E-state index contributed by atoms with van der Waals surface area (Å²) in [5.41, 5.74) is 6.86. The summed E-state index contributed by atoms with van der Waals surface area (Å²) in [4.78, 5) is 13.1. The quantitative estimate of drug-likeness (QED) is 0.875. The molecule has 0 fully saturated rings. The molecule has 0 spiro atoms. The van der Waals surface area contributed by atoms with Crippen molar-refractivity contribution in [2.75, 3.05) is 7.05 Å². The second-order valence-electron chi connectivity index (χ2n) is 4.31. The van der Waals surface area contributed by atoms with Gasteiger partial charge in [-0.1, -0.05) is 12.1 Å². The molecule has 0 aliphatic rings. The van der Waals surface area contributed by atoms with Crippen molar-refractivity contribution in [3.05, 3.63) is 59.5 Å². The molecular formula is C14H16N2O2. The predicted octanol–water partition coefficient (Wildman–Crippen LogP) is 2.01. The van der Waals surface area contributed by atoms with Gasteiger partial charge in [-0.05, 0) is 36.9 Å². The van der Waals surface area contributed by atoms with Crippen LogP contribution in [-0.4, -0.2) is 17.9 Å². The molecule has 4 nitrogen and oxygen atoms in total. The second-order valence-corrected chi connectivity index (χ2v) is 4.31. The van der Waals surface area contributed by atoms with Crippen LogP contribution in [-0.2, 0) is 13.1 Å². The van der Waals surface area contributed by atoms with Crippen molar-refractivity contribution >= 4 is 5.91 Å². The standard InChI is InChI=1S/C14H16N2O2/c1-16(10-13-3-2-8-18-13)9-11-4-6-12(7-5-11)14(15)17/h2-8H,9-10H2,1H3,(H2,15,17). The minimum atomic E-state index is -0.398. The molecule has 2 aromatic rings. The largest absolute Gasteiger partial charge is 0.468 e. The molecule has 0 atom stereocenters. The van der Waals surface area contributed by atoms with E-state index in [0.29, 0.717) is 5.56 Å². The summed E-state index contributed by atoms with van der Waals surface area (Å²) < 4.78 is 5.29. The van der Waals surface area contributed by atoms with Gasteiger partial charge >= 0.3 is 0 Å². The van der Waals surface area contributed by atoms with Crippen LogP contribution >= 0.6 is 0 Å². The average Bonchev–Trinajstić information content (AvgIpc) is 2.82. The molecule has 0 aliphatic heterocycles. The van der Waals surface area contributed by atoms with Gasteiger partial charge < -0.3 is 10.2 Å². The van der Waals surface area contributed by atoms with E-state index >= 15 is 0 Å². The molecule has 1 aromatic carbocycles. The fourth-order valence-electron chi connectivity index (χ4n) is 1.81. The van der Waals surface area contributed by atoms with E-state index in [1.165, 1.54) is 0 Å². The van der Waals surface area contributed by atoms with Gasteiger partial charge in [0.15, 0.2) is 0 Å². The summed E-state index contributed by atoms with van der Waals surface area (Å²) >= 11 is 0. The van der Waals surface area contributed by atoms with Crippen LogP contribution in [0.2, 0.25) is 0 Å². The van der Waals surface area contributed by atoms with E-state index in [1.54, 1.807) is 18.4 Å². The van der Waals surface area contributed by atoms with Crippen LogP contribution in [0.3, 0.4) is 0 Å². The number of hydrogen-bond donors (Lipinski definition) is 1. The van der Waals surface area contributed by atoms with Crippen LogP contribution in [0.4, 0.5) is 0 Å². The van der Waals surface area contributed by atoms with Crippen LogP contribution in [0.1, 0.15) is 21.7 Å². The summed E-state index contributed by atoms with van der Waals surface area (Å²) in [5.74, 6) is 0.539.